The van der Waals surface area contributed by atoms with Crippen molar-refractivity contribution >= 4 is 0 Å². The van der Waals surface area contributed by atoms with Gasteiger partial charge in [0.05, 0.1) is 0 Å². The highest BCUT2D eigenvalue weighted by Gasteiger charge is 1.81. The van der Waals surface area contributed by atoms with Gasteiger partial charge in [-0.25, -0.2) is 4.39 Å². The zero-order chi connectivity index (χ0) is 7.11. The van der Waals surface area contributed by atoms with Gasteiger partial charge in [-0.15, -0.1) is 0 Å². The normalized spacial score (nSPS) is 13.0. The van der Waals surface area contributed by atoms with E-state index in [4.69, 9.17) is 0 Å². The number of hydrogen-bond acceptors (Lipinski definition) is 0. The maximum atomic E-state index is 11.5. The summed E-state index contributed by atoms with van der Waals surface area (Å²) in [5, 5.41) is 0. The molecule has 1 heteroatoms. The molecule has 0 spiro atoms. The zero-order valence-electron chi connectivity index (χ0n) is 6.02. The molecule has 0 aromatic heterocycles. The first kappa shape index (κ1) is 8.41. The van der Waals surface area contributed by atoms with Crippen molar-refractivity contribution < 1.29 is 4.39 Å². The van der Waals surface area contributed by atoms with Crippen molar-refractivity contribution in [2.45, 2.75) is 20.3 Å². The Morgan fingerprint density at radius 2 is 2.22 bits per heavy atom. The second-order valence-electron chi connectivity index (χ2n) is 1.77. The van der Waals surface area contributed by atoms with Crippen LogP contribution in [0.1, 0.15) is 20.3 Å². The van der Waals surface area contributed by atoms with Gasteiger partial charge in [0.1, 0.15) is 6.67 Å². The third-order valence-electron chi connectivity index (χ3n) is 1.20. The summed E-state index contributed by atoms with van der Waals surface area (Å²) in [7, 11) is 0. The van der Waals surface area contributed by atoms with Gasteiger partial charge in [-0.1, -0.05) is 30.7 Å². The van der Waals surface area contributed by atoms with Crippen LogP contribution in [0.2, 0.25) is 0 Å². The first-order chi connectivity index (χ1) is 4.35. The summed E-state index contributed by atoms with van der Waals surface area (Å²) in [5.74, 6) is 0. The fourth-order valence-electron chi connectivity index (χ4n) is 0.614. The minimum Gasteiger partial charge on any atom is -0.247 e. The molecule has 0 amide bonds. The van der Waals surface area contributed by atoms with Crippen molar-refractivity contribution in [2.24, 2.45) is 0 Å². The molecule has 0 aromatic rings. The maximum absolute atomic E-state index is 11.5. The topological polar surface area (TPSA) is 0 Å². The minimum absolute atomic E-state index is 0.364. The van der Waals surface area contributed by atoms with Crippen molar-refractivity contribution in [3.63, 3.8) is 0 Å². The van der Waals surface area contributed by atoms with Gasteiger partial charge in [0.2, 0.25) is 0 Å². The molecule has 0 saturated carbocycles. The Kier molecular flexibility index (Phi) is 5.18. The Hall–Kier alpha value is -0.590. The third-order valence-corrected chi connectivity index (χ3v) is 1.20. The zero-order valence-corrected chi connectivity index (χ0v) is 6.02. The van der Waals surface area contributed by atoms with Gasteiger partial charge in [-0.2, -0.15) is 0 Å². The van der Waals surface area contributed by atoms with Crippen molar-refractivity contribution in [3.8, 4) is 0 Å². The molecule has 0 unspecified atom stereocenters. The molecule has 52 valence electrons. The molecule has 9 heavy (non-hydrogen) atoms. The number of rotatable bonds is 3. The molecule has 0 nitrogen and oxygen atoms in total. The number of halogens is 1. The van der Waals surface area contributed by atoms with E-state index in [9.17, 15) is 4.39 Å². The fraction of sp³-hybridized carbons (Fsp3) is 0.500. The highest BCUT2D eigenvalue weighted by molar-refractivity contribution is 5.16. The second kappa shape index (κ2) is 5.54. The molecule has 0 N–H and O–H groups in total. The fourth-order valence-corrected chi connectivity index (χ4v) is 0.614. The Morgan fingerprint density at radius 3 is 2.56 bits per heavy atom. The van der Waals surface area contributed by atoms with Crippen molar-refractivity contribution in [3.05, 3.63) is 23.8 Å². The molecular weight excluding hydrogens is 115 g/mol. The Bertz CT molecular complexity index is 112. The molecule has 0 aromatic carbocycles. The van der Waals surface area contributed by atoms with Crippen molar-refractivity contribution in [1.29, 1.82) is 0 Å². The molecule has 0 rings (SSSR count). The smallest absolute Gasteiger partial charge is 0.108 e. The quantitative estimate of drug-likeness (QED) is 0.513. The van der Waals surface area contributed by atoms with E-state index in [-0.39, 0.29) is 6.67 Å². The van der Waals surface area contributed by atoms with Gasteiger partial charge in [0.25, 0.3) is 0 Å². The predicted octanol–water partition coefficient (Wildman–Crippen LogP) is 2.87. The van der Waals surface area contributed by atoms with Crippen LogP contribution in [0, 0.1) is 0 Å². The van der Waals surface area contributed by atoms with Crippen molar-refractivity contribution in [1.82, 2.24) is 0 Å². The summed E-state index contributed by atoms with van der Waals surface area (Å²) in [5.41, 5.74) is 1.19. The third kappa shape index (κ3) is 3.95. The average molecular weight is 128 g/mol. The van der Waals surface area contributed by atoms with E-state index in [0.29, 0.717) is 0 Å². The second-order valence-corrected chi connectivity index (χ2v) is 1.77. The van der Waals surface area contributed by atoms with E-state index in [1.165, 1.54) is 11.6 Å². The van der Waals surface area contributed by atoms with Crippen LogP contribution in [0.5, 0.6) is 0 Å². The summed E-state index contributed by atoms with van der Waals surface area (Å²) in [4.78, 5) is 0. The Morgan fingerprint density at radius 1 is 1.56 bits per heavy atom. The van der Waals surface area contributed by atoms with E-state index < -0.39 is 0 Å². The van der Waals surface area contributed by atoms with Crippen LogP contribution in [-0.2, 0) is 0 Å². The van der Waals surface area contributed by atoms with Crippen molar-refractivity contribution in [2.75, 3.05) is 6.67 Å². The molecular formula is C8H13F. The average Bonchev–Trinajstić information content (AvgIpc) is 1.91. The minimum atomic E-state index is -0.364. The van der Waals surface area contributed by atoms with Crippen LogP contribution < -0.4 is 0 Å². The molecule has 0 aliphatic heterocycles. The van der Waals surface area contributed by atoms with Crippen LogP contribution in [0.3, 0.4) is 0 Å². The van der Waals surface area contributed by atoms with Crippen LogP contribution in [0.4, 0.5) is 4.39 Å². The van der Waals surface area contributed by atoms with E-state index >= 15 is 0 Å². The maximum Gasteiger partial charge on any atom is 0.108 e. The summed E-state index contributed by atoms with van der Waals surface area (Å²) >= 11 is 0. The predicted molar refractivity (Wildman–Crippen MR) is 39.2 cm³/mol. The molecule has 0 aliphatic rings. The van der Waals surface area contributed by atoms with Crippen LogP contribution in [0.25, 0.3) is 0 Å². The molecule has 0 radical (unpaired) electrons. The van der Waals surface area contributed by atoms with Crippen LogP contribution in [0.15, 0.2) is 23.8 Å². The van der Waals surface area contributed by atoms with E-state index in [2.05, 4.69) is 6.92 Å². The van der Waals surface area contributed by atoms with Gasteiger partial charge < -0.3 is 0 Å². The summed E-state index contributed by atoms with van der Waals surface area (Å²) in [6.45, 7) is 3.65. The van der Waals surface area contributed by atoms with Gasteiger partial charge in [0.15, 0.2) is 0 Å². The lowest BCUT2D eigenvalue weighted by atomic mass is 10.2. The van der Waals surface area contributed by atoms with E-state index in [0.717, 1.165) is 6.42 Å². The highest BCUT2D eigenvalue weighted by Crippen LogP contribution is 2.00. The largest absolute Gasteiger partial charge is 0.247 e. The molecule has 0 saturated heterocycles. The molecule has 0 aliphatic carbocycles. The molecule has 0 heterocycles. The Labute approximate surface area is 56.1 Å². The number of hydrogen-bond donors (Lipinski definition) is 0. The summed E-state index contributed by atoms with van der Waals surface area (Å²) in [6.07, 6.45) is 6.32. The number of allylic oxidation sites excluding steroid dienone is 4. The van der Waals surface area contributed by atoms with Gasteiger partial charge in [0, 0.05) is 0 Å². The number of alkyl halides is 1. The molecule has 0 atom stereocenters. The molecule has 0 bridgehead atoms. The van der Waals surface area contributed by atoms with E-state index in [1.54, 1.807) is 0 Å². The SMILES string of the molecule is C/C=C(\C=C/CF)CC. The van der Waals surface area contributed by atoms with Crippen LogP contribution >= 0.6 is 0 Å². The summed E-state index contributed by atoms with van der Waals surface area (Å²) in [6, 6.07) is 0. The van der Waals surface area contributed by atoms with Gasteiger partial charge >= 0.3 is 0 Å². The highest BCUT2D eigenvalue weighted by atomic mass is 19.1. The first-order valence-corrected chi connectivity index (χ1v) is 3.22. The Balaban J connectivity index is 3.70. The standard InChI is InChI=1S/C8H13F/c1-3-8(4-2)6-5-7-9/h3,5-6H,4,7H2,1-2H3/b6-5-,8-3-. The lowest BCUT2D eigenvalue weighted by molar-refractivity contribution is 0.561. The lowest BCUT2D eigenvalue weighted by Crippen LogP contribution is -1.72. The molecule has 0 fully saturated rings. The van der Waals surface area contributed by atoms with Gasteiger partial charge in [-0.05, 0) is 13.3 Å². The van der Waals surface area contributed by atoms with E-state index in [1.807, 2.05) is 19.1 Å². The summed E-state index contributed by atoms with van der Waals surface area (Å²) < 4.78 is 11.5. The van der Waals surface area contributed by atoms with Gasteiger partial charge in [-0.3, -0.25) is 0 Å². The van der Waals surface area contributed by atoms with Crippen LogP contribution in [-0.4, -0.2) is 6.67 Å². The monoisotopic (exact) mass is 128 g/mol. The first-order valence-electron chi connectivity index (χ1n) is 3.22. The lowest BCUT2D eigenvalue weighted by Gasteiger charge is -1.90.